The molecular formula is C15H21BrN2O3. The van der Waals surface area contributed by atoms with Crippen molar-refractivity contribution in [2.24, 2.45) is 0 Å². The van der Waals surface area contributed by atoms with Crippen molar-refractivity contribution in [1.29, 1.82) is 0 Å². The van der Waals surface area contributed by atoms with Crippen molar-refractivity contribution < 1.29 is 14.3 Å². The van der Waals surface area contributed by atoms with Gasteiger partial charge in [0.2, 0.25) is 0 Å². The van der Waals surface area contributed by atoms with Gasteiger partial charge in [0.1, 0.15) is 11.4 Å². The molecule has 6 heteroatoms. The molecule has 0 aliphatic carbocycles. The van der Waals surface area contributed by atoms with Crippen LogP contribution in [0.3, 0.4) is 0 Å². The van der Waals surface area contributed by atoms with Gasteiger partial charge in [-0.25, -0.2) is 0 Å². The lowest BCUT2D eigenvalue weighted by Gasteiger charge is -2.34. The molecule has 0 spiro atoms. The van der Waals surface area contributed by atoms with E-state index in [2.05, 4.69) is 26.6 Å². The highest BCUT2D eigenvalue weighted by Gasteiger charge is 2.39. The Morgan fingerprint density at radius 1 is 1.38 bits per heavy atom. The van der Waals surface area contributed by atoms with Crippen molar-refractivity contribution >= 4 is 21.8 Å². The quantitative estimate of drug-likeness (QED) is 0.845. The molecule has 0 saturated carbocycles. The maximum absolute atomic E-state index is 12.4. The monoisotopic (exact) mass is 356 g/mol. The summed E-state index contributed by atoms with van der Waals surface area (Å²) in [5, 5.41) is 6.21. The van der Waals surface area contributed by atoms with E-state index in [0.717, 1.165) is 28.9 Å². The van der Waals surface area contributed by atoms with Crippen molar-refractivity contribution in [3.8, 4) is 5.75 Å². The Labute approximate surface area is 133 Å². The molecule has 1 aromatic rings. The van der Waals surface area contributed by atoms with Crippen LogP contribution < -0.4 is 15.4 Å². The Bertz CT molecular complexity index is 502. The number of ether oxygens (including phenoxy) is 2. The summed E-state index contributed by atoms with van der Waals surface area (Å²) in [6, 6.07) is 5.76. The van der Waals surface area contributed by atoms with Crippen LogP contribution in [0.4, 0.5) is 0 Å². The molecule has 1 aliphatic rings. The van der Waals surface area contributed by atoms with E-state index in [0.29, 0.717) is 19.4 Å². The zero-order valence-electron chi connectivity index (χ0n) is 12.4. The van der Waals surface area contributed by atoms with Crippen molar-refractivity contribution in [2.45, 2.75) is 25.0 Å². The van der Waals surface area contributed by atoms with Gasteiger partial charge in [-0.05, 0) is 59.6 Å². The van der Waals surface area contributed by atoms with Gasteiger partial charge in [0.25, 0.3) is 5.91 Å². The summed E-state index contributed by atoms with van der Waals surface area (Å²) in [6.45, 7) is 2.07. The van der Waals surface area contributed by atoms with E-state index in [1.165, 1.54) is 0 Å². The SMILES string of the molecule is COc1ccc(CNC(=O)C2(OC)CCNCC2)cc1Br. The molecule has 0 aromatic heterocycles. The van der Waals surface area contributed by atoms with E-state index < -0.39 is 5.60 Å². The highest BCUT2D eigenvalue weighted by Crippen LogP contribution is 2.26. The molecule has 1 fully saturated rings. The average molecular weight is 357 g/mol. The highest BCUT2D eigenvalue weighted by molar-refractivity contribution is 9.10. The number of amides is 1. The highest BCUT2D eigenvalue weighted by atomic mass is 79.9. The smallest absolute Gasteiger partial charge is 0.252 e. The molecule has 2 N–H and O–H groups in total. The minimum Gasteiger partial charge on any atom is -0.496 e. The van der Waals surface area contributed by atoms with E-state index in [1.54, 1.807) is 14.2 Å². The summed E-state index contributed by atoms with van der Waals surface area (Å²) >= 11 is 3.44. The first-order chi connectivity index (χ1) is 10.1. The van der Waals surface area contributed by atoms with Gasteiger partial charge in [0, 0.05) is 13.7 Å². The number of hydrogen-bond acceptors (Lipinski definition) is 4. The molecule has 1 aliphatic heterocycles. The lowest BCUT2D eigenvalue weighted by atomic mass is 9.91. The Morgan fingerprint density at radius 2 is 2.10 bits per heavy atom. The van der Waals surface area contributed by atoms with Crippen LogP contribution in [0.15, 0.2) is 22.7 Å². The summed E-state index contributed by atoms with van der Waals surface area (Å²) < 4.78 is 11.6. The molecule has 5 nitrogen and oxygen atoms in total. The number of carbonyl (C=O) groups is 1. The Morgan fingerprint density at radius 3 is 2.67 bits per heavy atom. The Kier molecular flexibility index (Phi) is 5.61. The lowest BCUT2D eigenvalue weighted by molar-refractivity contribution is -0.146. The number of piperidine rings is 1. The summed E-state index contributed by atoms with van der Waals surface area (Å²) in [5.41, 5.74) is 0.311. The van der Waals surface area contributed by atoms with Crippen molar-refractivity contribution in [2.75, 3.05) is 27.3 Å². The maximum Gasteiger partial charge on any atom is 0.252 e. The molecule has 1 heterocycles. The summed E-state index contributed by atoms with van der Waals surface area (Å²) in [6.07, 6.45) is 1.39. The van der Waals surface area contributed by atoms with E-state index in [-0.39, 0.29) is 5.91 Å². The number of carbonyl (C=O) groups excluding carboxylic acids is 1. The number of halogens is 1. The zero-order valence-corrected chi connectivity index (χ0v) is 14.0. The van der Waals surface area contributed by atoms with Crippen LogP contribution in [0.2, 0.25) is 0 Å². The lowest BCUT2D eigenvalue weighted by Crippen LogP contribution is -2.53. The average Bonchev–Trinajstić information content (AvgIpc) is 2.53. The molecule has 21 heavy (non-hydrogen) atoms. The van der Waals surface area contributed by atoms with Gasteiger partial charge >= 0.3 is 0 Å². The molecule has 1 saturated heterocycles. The van der Waals surface area contributed by atoms with Crippen LogP contribution >= 0.6 is 15.9 Å². The van der Waals surface area contributed by atoms with Crippen molar-refractivity contribution in [3.63, 3.8) is 0 Å². The van der Waals surface area contributed by atoms with Crippen LogP contribution in [-0.4, -0.2) is 38.8 Å². The van der Waals surface area contributed by atoms with Gasteiger partial charge in [0.05, 0.1) is 11.6 Å². The van der Waals surface area contributed by atoms with E-state index in [4.69, 9.17) is 9.47 Å². The predicted molar refractivity (Wildman–Crippen MR) is 84.4 cm³/mol. The number of nitrogens with one attached hydrogen (secondary N) is 2. The largest absolute Gasteiger partial charge is 0.496 e. The third kappa shape index (κ3) is 3.75. The standard InChI is InChI=1S/C15H21BrN2O3/c1-20-13-4-3-11(9-12(13)16)10-18-14(19)15(21-2)5-7-17-8-6-15/h3-4,9,17H,5-8,10H2,1-2H3,(H,18,19). The zero-order chi connectivity index (χ0) is 15.3. The minimum absolute atomic E-state index is 0.0431. The van der Waals surface area contributed by atoms with Gasteiger partial charge in [-0.2, -0.15) is 0 Å². The molecule has 1 amide bonds. The first-order valence-corrected chi connectivity index (χ1v) is 7.77. The van der Waals surface area contributed by atoms with Crippen LogP contribution in [-0.2, 0) is 16.1 Å². The molecule has 2 rings (SSSR count). The summed E-state index contributed by atoms with van der Waals surface area (Å²) in [7, 11) is 3.23. The van der Waals surface area contributed by atoms with Gasteiger partial charge in [-0.15, -0.1) is 0 Å². The second kappa shape index (κ2) is 7.24. The third-order valence-electron chi connectivity index (χ3n) is 3.89. The van der Waals surface area contributed by atoms with Gasteiger partial charge in [-0.1, -0.05) is 6.07 Å². The van der Waals surface area contributed by atoms with Gasteiger partial charge in [0.15, 0.2) is 0 Å². The molecule has 0 unspecified atom stereocenters. The maximum atomic E-state index is 12.4. The second-order valence-electron chi connectivity index (χ2n) is 5.10. The van der Waals surface area contributed by atoms with Gasteiger partial charge in [-0.3, -0.25) is 4.79 Å². The Hall–Kier alpha value is -1.11. The summed E-state index contributed by atoms with van der Waals surface area (Å²) in [5.74, 6) is 0.732. The molecule has 0 bridgehead atoms. The molecular weight excluding hydrogens is 336 g/mol. The van der Waals surface area contributed by atoms with E-state index in [9.17, 15) is 4.79 Å². The first-order valence-electron chi connectivity index (χ1n) is 6.98. The van der Waals surface area contributed by atoms with Crippen LogP contribution in [0.25, 0.3) is 0 Å². The fraction of sp³-hybridized carbons (Fsp3) is 0.533. The molecule has 0 radical (unpaired) electrons. The van der Waals surface area contributed by atoms with Crippen LogP contribution in [0.5, 0.6) is 5.75 Å². The summed E-state index contributed by atoms with van der Waals surface area (Å²) in [4.78, 5) is 12.4. The predicted octanol–water partition coefficient (Wildman–Crippen LogP) is 1.84. The van der Waals surface area contributed by atoms with Crippen LogP contribution in [0, 0.1) is 0 Å². The van der Waals surface area contributed by atoms with Crippen molar-refractivity contribution in [1.82, 2.24) is 10.6 Å². The topological polar surface area (TPSA) is 59.6 Å². The Balaban J connectivity index is 1.98. The molecule has 1 aromatic carbocycles. The number of rotatable bonds is 5. The minimum atomic E-state index is -0.699. The van der Waals surface area contributed by atoms with E-state index >= 15 is 0 Å². The van der Waals surface area contributed by atoms with E-state index in [1.807, 2.05) is 18.2 Å². The fourth-order valence-electron chi connectivity index (χ4n) is 2.52. The number of hydrogen-bond donors (Lipinski definition) is 2. The van der Waals surface area contributed by atoms with Crippen LogP contribution in [0.1, 0.15) is 18.4 Å². The number of methoxy groups -OCH3 is 2. The van der Waals surface area contributed by atoms with Crippen molar-refractivity contribution in [3.05, 3.63) is 28.2 Å². The fourth-order valence-corrected chi connectivity index (χ4v) is 3.11. The first kappa shape index (κ1) is 16.3. The third-order valence-corrected chi connectivity index (χ3v) is 4.50. The normalized spacial score (nSPS) is 17.3. The molecule has 0 atom stereocenters. The molecule has 116 valence electrons. The number of benzene rings is 1. The van der Waals surface area contributed by atoms with Gasteiger partial charge < -0.3 is 20.1 Å². The second-order valence-corrected chi connectivity index (χ2v) is 5.95.